The molecule has 0 saturated heterocycles. The Morgan fingerprint density at radius 2 is 1.08 bits per heavy atom. The number of nitrogens with one attached hydrogen (secondary N) is 8. The van der Waals surface area contributed by atoms with Crippen molar-refractivity contribution in [3.05, 3.63) is 35.9 Å². The predicted octanol–water partition coefficient (Wildman–Crippen LogP) is -0.801. The highest BCUT2D eigenvalue weighted by atomic mass is 16.4. The van der Waals surface area contributed by atoms with E-state index in [9.17, 15) is 29.1 Å². The molecule has 17 nitrogen and oxygen atoms in total. The van der Waals surface area contributed by atoms with Crippen molar-refractivity contribution >= 4 is 41.5 Å². The number of hydrogen-bond acceptors (Lipinski definition) is 8. The largest absolute Gasteiger partial charge is 0.480 e. The number of carbonyl (C=O) groups is 5. The molecule has 0 spiro atoms. The van der Waals surface area contributed by atoms with E-state index in [2.05, 4.69) is 31.9 Å². The van der Waals surface area contributed by atoms with Gasteiger partial charge in [0, 0.05) is 19.5 Å². The van der Waals surface area contributed by atoms with Crippen LogP contribution in [0.2, 0.25) is 0 Å². The zero-order valence-corrected chi connectivity index (χ0v) is 29.5. The number of guanidine groups is 2. The van der Waals surface area contributed by atoms with Gasteiger partial charge in [0.15, 0.2) is 11.9 Å². The van der Waals surface area contributed by atoms with Crippen LogP contribution >= 0.6 is 0 Å². The van der Waals surface area contributed by atoms with Crippen molar-refractivity contribution in [3.63, 3.8) is 0 Å². The fourth-order valence-corrected chi connectivity index (χ4v) is 5.06. The average Bonchev–Trinajstić information content (AvgIpc) is 3.02. The van der Waals surface area contributed by atoms with Crippen molar-refractivity contribution in [1.29, 1.82) is 10.8 Å². The molecule has 280 valence electrons. The van der Waals surface area contributed by atoms with Gasteiger partial charge in [-0.3, -0.25) is 30.0 Å². The second-order valence-corrected chi connectivity index (χ2v) is 13.1. The van der Waals surface area contributed by atoms with E-state index in [1.54, 1.807) is 30.3 Å². The predicted molar refractivity (Wildman–Crippen MR) is 191 cm³/mol. The lowest BCUT2D eigenvalue weighted by Crippen LogP contribution is -2.59. The first-order chi connectivity index (χ1) is 23.5. The molecule has 0 aliphatic rings. The van der Waals surface area contributed by atoms with Crippen LogP contribution in [0.15, 0.2) is 30.3 Å². The molecule has 0 aliphatic heterocycles. The van der Waals surface area contributed by atoms with E-state index in [1.807, 2.05) is 27.7 Å². The van der Waals surface area contributed by atoms with E-state index in [0.29, 0.717) is 18.4 Å². The molecule has 17 heteroatoms. The molecular weight excluding hydrogens is 646 g/mol. The molecule has 4 amide bonds. The Morgan fingerprint density at radius 1 is 0.660 bits per heavy atom. The van der Waals surface area contributed by atoms with Gasteiger partial charge in [0.25, 0.3) is 0 Å². The van der Waals surface area contributed by atoms with E-state index >= 15 is 0 Å². The van der Waals surface area contributed by atoms with Crippen LogP contribution in [-0.4, -0.2) is 89.9 Å². The molecule has 0 fully saturated rings. The van der Waals surface area contributed by atoms with Crippen LogP contribution in [0, 0.1) is 22.7 Å². The molecule has 0 bridgehead atoms. The molecule has 0 aromatic heterocycles. The maximum absolute atomic E-state index is 13.8. The maximum Gasteiger partial charge on any atom is 0.326 e. The molecule has 0 unspecified atom stereocenters. The fraction of sp³-hybridized carbons (Fsp3) is 0.606. The van der Waals surface area contributed by atoms with Crippen LogP contribution < -0.4 is 49.1 Å². The Hall–Kier alpha value is -4.93. The summed E-state index contributed by atoms with van der Waals surface area (Å²) in [6.07, 6.45) is 1.41. The summed E-state index contributed by atoms with van der Waals surface area (Å²) in [6.45, 7) is 7.97. The highest BCUT2D eigenvalue weighted by molar-refractivity contribution is 5.95. The Kier molecular flexibility index (Phi) is 19.5. The molecule has 0 heterocycles. The lowest BCUT2D eigenvalue weighted by atomic mass is 10.0. The minimum atomic E-state index is -1.26. The Balaban J connectivity index is 3.24. The summed E-state index contributed by atoms with van der Waals surface area (Å²) in [5.41, 5.74) is 17.5. The highest BCUT2D eigenvalue weighted by Crippen LogP contribution is 2.10. The summed E-state index contributed by atoms with van der Waals surface area (Å²) in [5, 5.41) is 40.5. The number of aliphatic carboxylic acids is 1. The second kappa shape index (κ2) is 22.7. The number of hydrogen-bond donors (Lipinski definition) is 12. The fourth-order valence-electron chi connectivity index (χ4n) is 5.06. The van der Waals surface area contributed by atoms with Crippen LogP contribution in [0.25, 0.3) is 0 Å². The number of amides is 4. The summed E-state index contributed by atoms with van der Waals surface area (Å²) < 4.78 is 0. The SMILES string of the molecule is CC(C)C[C@@H](N)C(=O)N[C@H](CCCNC(=N)N)C(=O)N[C@H](CCCNC(=N)N)C(=O)N[C@H](CC(C)C)C(=O)N[C@H](Cc1ccccc1)C(=O)O. The van der Waals surface area contributed by atoms with Crippen molar-refractivity contribution < 1.29 is 29.1 Å². The lowest BCUT2D eigenvalue weighted by Gasteiger charge is -2.27. The van der Waals surface area contributed by atoms with Gasteiger partial charge in [-0.1, -0.05) is 58.0 Å². The van der Waals surface area contributed by atoms with Crippen molar-refractivity contribution in [2.24, 2.45) is 29.0 Å². The van der Waals surface area contributed by atoms with Gasteiger partial charge < -0.3 is 54.2 Å². The van der Waals surface area contributed by atoms with E-state index in [-0.39, 0.29) is 68.9 Å². The first kappa shape index (κ1) is 43.1. The quantitative estimate of drug-likeness (QED) is 0.0380. The summed E-state index contributed by atoms with van der Waals surface area (Å²) >= 11 is 0. The Bertz CT molecular complexity index is 1280. The maximum atomic E-state index is 13.8. The van der Waals surface area contributed by atoms with Crippen LogP contribution in [0.4, 0.5) is 0 Å². The standard InChI is InChI=1S/C33H57N11O6/c1-19(2)16-22(34)27(45)41-23(12-8-14-39-32(35)36)28(46)42-24(13-9-15-40-33(37)38)29(47)43-25(17-20(3)4)30(48)44-26(31(49)50)18-21-10-6-5-7-11-21/h5-7,10-11,19-20,22-26H,8-9,12-18,34H2,1-4H3,(H,41,45)(H,42,46)(H,43,47)(H,44,48)(H,49,50)(H4,35,36,39)(H4,37,38,40)/t22-,23-,24-,25-,26-/m1/s1. The molecule has 1 aromatic carbocycles. The van der Waals surface area contributed by atoms with Crippen LogP contribution in [0.5, 0.6) is 0 Å². The van der Waals surface area contributed by atoms with Crippen LogP contribution in [0.3, 0.4) is 0 Å². The smallest absolute Gasteiger partial charge is 0.326 e. The Morgan fingerprint density at radius 3 is 1.52 bits per heavy atom. The topological polar surface area (TPSA) is 304 Å². The second-order valence-electron chi connectivity index (χ2n) is 13.1. The normalized spacial score (nSPS) is 14.0. The number of carbonyl (C=O) groups excluding carboxylic acids is 4. The minimum Gasteiger partial charge on any atom is -0.480 e. The van der Waals surface area contributed by atoms with E-state index in [4.69, 9.17) is 28.0 Å². The molecule has 0 saturated carbocycles. The molecule has 1 aromatic rings. The molecule has 0 radical (unpaired) electrons. The molecule has 0 aliphatic carbocycles. The van der Waals surface area contributed by atoms with E-state index < -0.39 is 59.8 Å². The van der Waals surface area contributed by atoms with Gasteiger partial charge in [-0.05, 0) is 55.9 Å². The van der Waals surface area contributed by atoms with E-state index in [0.717, 1.165) is 0 Å². The van der Waals surface area contributed by atoms with Crippen molar-refractivity contribution in [1.82, 2.24) is 31.9 Å². The Labute approximate surface area is 294 Å². The third-order valence-electron chi connectivity index (χ3n) is 7.54. The molecule has 50 heavy (non-hydrogen) atoms. The summed E-state index contributed by atoms with van der Waals surface area (Å²) in [4.78, 5) is 65.8. The van der Waals surface area contributed by atoms with Gasteiger partial charge in [0.05, 0.1) is 6.04 Å². The number of benzene rings is 1. The average molecular weight is 704 g/mol. The molecule has 5 atom stereocenters. The van der Waals surface area contributed by atoms with Gasteiger partial charge in [-0.2, -0.15) is 0 Å². The zero-order chi connectivity index (χ0) is 37.8. The molecular formula is C33H57N11O6. The van der Waals surface area contributed by atoms with Gasteiger partial charge in [-0.25, -0.2) is 4.79 Å². The summed E-state index contributed by atoms with van der Waals surface area (Å²) in [7, 11) is 0. The highest BCUT2D eigenvalue weighted by Gasteiger charge is 2.32. The van der Waals surface area contributed by atoms with Gasteiger partial charge in [0.1, 0.15) is 24.2 Å². The number of carboxylic acid groups (broad SMARTS) is 1. The molecule has 15 N–H and O–H groups in total. The lowest BCUT2D eigenvalue weighted by molar-refractivity contribution is -0.142. The van der Waals surface area contributed by atoms with Gasteiger partial charge in [0.2, 0.25) is 23.6 Å². The van der Waals surface area contributed by atoms with Crippen LogP contribution in [0.1, 0.15) is 71.8 Å². The summed E-state index contributed by atoms with van der Waals surface area (Å²) in [5.74, 6) is -4.31. The first-order valence-electron chi connectivity index (χ1n) is 16.9. The van der Waals surface area contributed by atoms with Crippen LogP contribution in [-0.2, 0) is 30.4 Å². The summed E-state index contributed by atoms with van der Waals surface area (Å²) in [6, 6.07) is 3.28. The number of rotatable bonds is 23. The van der Waals surface area contributed by atoms with Crippen molar-refractivity contribution in [2.45, 2.75) is 103 Å². The minimum absolute atomic E-state index is 0.0297. The zero-order valence-electron chi connectivity index (χ0n) is 29.5. The third kappa shape index (κ3) is 18.0. The number of carboxylic acids is 1. The van der Waals surface area contributed by atoms with Crippen molar-refractivity contribution in [3.8, 4) is 0 Å². The van der Waals surface area contributed by atoms with E-state index in [1.165, 1.54) is 0 Å². The van der Waals surface area contributed by atoms with Crippen molar-refractivity contribution in [2.75, 3.05) is 13.1 Å². The third-order valence-corrected chi connectivity index (χ3v) is 7.54. The first-order valence-corrected chi connectivity index (χ1v) is 16.9. The van der Waals surface area contributed by atoms with Gasteiger partial charge in [-0.15, -0.1) is 0 Å². The number of nitrogens with two attached hydrogens (primary N) is 3. The molecule has 1 rings (SSSR count). The monoisotopic (exact) mass is 703 g/mol. The van der Waals surface area contributed by atoms with Gasteiger partial charge >= 0.3 is 5.97 Å².